The van der Waals surface area contributed by atoms with Crippen LogP contribution in [-0.4, -0.2) is 44.2 Å². The van der Waals surface area contributed by atoms with Crippen LogP contribution < -0.4 is 5.73 Å². The lowest BCUT2D eigenvalue weighted by atomic mass is 10.1. The first-order chi connectivity index (χ1) is 13.1. The molecule has 0 radical (unpaired) electrons. The van der Waals surface area contributed by atoms with Crippen molar-refractivity contribution in [1.82, 2.24) is 19.5 Å². The Morgan fingerprint density at radius 1 is 1.07 bits per heavy atom. The molecule has 0 spiro atoms. The second-order valence-corrected chi connectivity index (χ2v) is 9.70. The predicted octanol–water partition coefficient (Wildman–Crippen LogP) is 3.84. The molecule has 0 aliphatic heterocycles. The zero-order valence-corrected chi connectivity index (χ0v) is 18.4. The second kappa shape index (κ2) is 9.78. The number of ether oxygens (including phenoxy) is 1. The van der Waals surface area contributed by atoms with Crippen LogP contribution in [0.1, 0.15) is 48.0 Å². The standard InChI is InChI=1S/C18H32N5O4P/c1-12(2)7-15(25-11-28(24,26-13(3)4)27-14(5)6)8-23-10-22-16-17(19)20-9-21-18(16)23/h9-10,12-15H,7-8,11H2,1-6H3,(H2,19,20,21)/t15-/m0/s1. The lowest BCUT2D eigenvalue weighted by Gasteiger charge is -2.26. The van der Waals surface area contributed by atoms with Crippen molar-refractivity contribution < 1.29 is 18.3 Å². The summed E-state index contributed by atoms with van der Waals surface area (Å²) in [5.74, 6) is 0.723. The first-order valence-corrected chi connectivity index (χ1v) is 11.3. The van der Waals surface area contributed by atoms with Gasteiger partial charge >= 0.3 is 7.60 Å². The topological polar surface area (TPSA) is 114 Å². The molecule has 2 aromatic heterocycles. The van der Waals surface area contributed by atoms with E-state index in [2.05, 4.69) is 28.8 Å². The highest BCUT2D eigenvalue weighted by molar-refractivity contribution is 7.53. The summed E-state index contributed by atoms with van der Waals surface area (Å²) in [5.41, 5.74) is 7.06. The highest BCUT2D eigenvalue weighted by Gasteiger charge is 2.30. The van der Waals surface area contributed by atoms with E-state index in [-0.39, 0.29) is 24.7 Å². The minimum absolute atomic E-state index is 0.107. The molecule has 10 heteroatoms. The van der Waals surface area contributed by atoms with E-state index in [1.54, 1.807) is 6.33 Å². The van der Waals surface area contributed by atoms with Crippen molar-refractivity contribution in [3.63, 3.8) is 0 Å². The number of nitrogens with zero attached hydrogens (tertiary/aromatic N) is 4. The maximum atomic E-state index is 13.1. The van der Waals surface area contributed by atoms with Gasteiger partial charge in [0.2, 0.25) is 0 Å². The minimum Gasteiger partial charge on any atom is -0.382 e. The van der Waals surface area contributed by atoms with Crippen molar-refractivity contribution in [2.24, 2.45) is 5.92 Å². The number of nitrogens with two attached hydrogens (primary N) is 1. The Morgan fingerprint density at radius 3 is 2.29 bits per heavy atom. The number of rotatable bonds is 11. The van der Waals surface area contributed by atoms with Crippen molar-refractivity contribution in [2.75, 3.05) is 12.1 Å². The molecule has 0 saturated heterocycles. The van der Waals surface area contributed by atoms with E-state index < -0.39 is 7.60 Å². The number of fused-ring (bicyclic) bond motifs is 1. The number of hydrogen-bond acceptors (Lipinski definition) is 8. The van der Waals surface area contributed by atoms with E-state index in [1.807, 2.05) is 32.3 Å². The Labute approximate surface area is 166 Å². The molecule has 0 bridgehead atoms. The molecule has 0 saturated carbocycles. The fraction of sp³-hybridized carbons (Fsp3) is 0.722. The average molecular weight is 413 g/mol. The van der Waals surface area contributed by atoms with Crippen LogP contribution in [0.25, 0.3) is 11.2 Å². The molecule has 0 unspecified atom stereocenters. The van der Waals surface area contributed by atoms with Crippen LogP contribution in [0, 0.1) is 5.92 Å². The molecule has 158 valence electrons. The summed E-state index contributed by atoms with van der Waals surface area (Å²) in [6.45, 7) is 12.0. The highest BCUT2D eigenvalue weighted by Crippen LogP contribution is 2.50. The lowest BCUT2D eigenvalue weighted by molar-refractivity contribution is 0.0335. The second-order valence-electron chi connectivity index (χ2n) is 7.79. The first kappa shape index (κ1) is 22.7. The molecule has 2 N–H and O–H groups in total. The van der Waals surface area contributed by atoms with Gasteiger partial charge in [-0.25, -0.2) is 15.0 Å². The predicted molar refractivity (Wildman–Crippen MR) is 109 cm³/mol. The summed E-state index contributed by atoms with van der Waals surface area (Å²) >= 11 is 0. The van der Waals surface area contributed by atoms with Crippen molar-refractivity contribution in [2.45, 2.75) is 72.8 Å². The van der Waals surface area contributed by atoms with Gasteiger partial charge in [0.15, 0.2) is 11.5 Å². The summed E-state index contributed by atoms with van der Waals surface area (Å²) in [7, 11) is -3.37. The third kappa shape index (κ3) is 6.51. The Bertz CT molecular complexity index is 794. The molecular weight excluding hydrogens is 381 g/mol. The van der Waals surface area contributed by atoms with Crippen molar-refractivity contribution in [3.8, 4) is 0 Å². The third-order valence-electron chi connectivity index (χ3n) is 3.78. The van der Waals surface area contributed by atoms with Gasteiger partial charge in [-0.05, 0) is 40.0 Å². The van der Waals surface area contributed by atoms with Gasteiger partial charge in [0.1, 0.15) is 18.2 Å². The zero-order chi connectivity index (χ0) is 20.9. The molecule has 0 fully saturated rings. The SMILES string of the molecule is CC(C)C[C@@H](Cn1cnc2c(N)ncnc21)OCP(=O)(OC(C)C)OC(C)C. The minimum atomic E-state index is -3.37. The van der Waals surface area contributed by atoms with Crippen molar-refractivity contribution in [1.29, 1.82) is 0 Å². The van der Waals surface area contributed by atoms with Crippen LogP contribution in [-0.2, 0) is 24.9 Å². The summed E-state index contributed by atoms with van der Waals surface area (Å²) in [5, 5.41) is 0. The van der Waals surface area contributed by atoms with Gasteiger partial charge < -0.3 is 24.1 Å². The van der Waals surface area contributed by atoms with Crippen LogP contribution in [0.15, 0.2) is 12.7 Å². The fourth-order valence-electron chi connectivity index (χ4n) is 2.90. The van der Waals surface area contributed by atoms with Gasteiger partial charge in [-0.1, -0.05) is 13.8 Å². The quantitative estimate of drug-likeness (QED) is 0.553. The Hall–Kier alpha value is -1.54. The Balaban J connectivity index is 2.16. The van der Waals surface area contributed by atoms with Crippen LogP contribution in [0.4, 0.5) is 5.82 Å². The molecule has 9 nitrogen and oxygen atoms in total. The summed E-state index contributed by atoms with van der Waals surface area (Å²) < 4.78 is 32.1. The van der Waals surface area contributed by atoms with E-state index in [0.29, 0.717) is 29.4 Å². The van der Waals surface area contributed by atoms with Crippen LogP contribution in [0.3, 0.4) is 0 Å². The fourth-order valence-corrected chi connectivity index (χ4v) is 4.75. The monoisotopic (exact) mass is 413 g/mol. The third-order valence-corrected chi connectivity index (χ3v) is 5.73. The Kier molecular flexibility index (Phi) is 7.95. The van der Waals surface area contributed by atoms with E-state index >= 15 is 0 Å². The van der Waals surface area contributed by atoms with Crippen LogP contribution in [0.5, 0.6) is 0 Å². The summed E-state index contributed by atoms with van der Waals surface area (Å²) in [4.78, 5) is 12.5. The van der Waals surface area contributed by atoms with E-state index in [4.69, 9.17) is 19.5 Å². The average Bonchev–Trinajstić information content (AvgIpc) is 2.95. The molecule has 2 aromatic rings. The van der Waals surface area contributed by atoms with Gasteiger partial charge in [0.25, 0.3) is 0 Å². The van der Waals surface area contributed by atoms with Crippen molar-refractivity contribution in [3.05, 3.63) is 12.7 Å². The maximum Gasteiger partial charge on any atom is 0.356 e. The van der Waals surface area contributed by atoms with Gasteiger partial charge in [0, 0.05) is 0 Å². The van der Waals surface area contributed by atoms with Gasteiger partial charge in [-0.2, -0.15) is 0 Å². The number of anilines is 1. The number of hydrogen-bond donors (Lipinski definition) is 1. The van der Waals surface area contributed by atoms with Crippen LogP contribution >= 0.6 is 7.60 Å². The van der Waals surface area contributed by atoms with E-state index in [1.165, 1.54) is 6.33 Å². The number of nitrogen functional groups attached to an aromatic ring is 1. The van der Waals surface area contributed by atoms with E-state index in [0.717, 1.165) is 6.42 Å². The molecular formula is C18H32N5O4P. The summed E-state index contributed by atoms with van der Waals surface area (Å²) in [6, 6.07) is 0. The highest BCUT2D eigenvalue weighted by atomic mass is 31.2. The van der Waals surface area contributed by atoms with Crippen LogP contribution in [0.2, 0.25) is 0 Å². The first-order valence-electron chi connectivity index (χ1n) is 9.58. The molecule has 0 amide bonds. The summed E-state index contributed by atoms with van der Waals surface area (Å²) in [6.07, 6.45) is 3.07. The van der Waals surface area contributed by atoms with Gasteiger partial charge in [0.05, 0.1) is 31.2 Å². The maximum absolute atomic E-state index is 13.1. The van der Waals surface area contributed by atoms with Gasteiger partial charge in [-0.3, -0.25) is 4.57 Å². The zero-order valence-electron chi connectivity index (χ0n) is 17.5. The number of aromatic nitrogens is 4. The normalized spacial score (nSPS) is 13.9. The molecule has 1 atom stereocenters. The molecule has 0 aliphatic carbocycles. The molecule has 2 heterocycles. The molecule has 28 heavy (non-hydrogen) atoms. The lowest BCUT2D eigenvalue weighted by Crippen LogP contribution is -2.24. The van der Waals surface area contributed by atoms with Gasteiger partial charge in [-0.15, -0.1) is 0 Å². The number of imidazole rings is 1. The Morgan fingerprint density at radius 2 is 1.71 bits per heavy atom. The van der Waals surface area contributed by atoms with Crippen molar-refractivity contribution >= 4 is 24.6 Å². The molecule has 0 aromatic carbocycles. The largest absolute Gasteiger partial charge is 0.382 e. The smallest absolute Gasteiger partial charge is 0.356 e. The van der Waals surface area contributed by atoms with E-state index in [9.17, 15) is 4.57 Å². The molecule has 2 rings (SSSR count). The molecule has 0 aliphatic rings.